The second kappa shape index (κ2) is 7.92. The zero-order valence-corrected chi connectivity index (χ0v) is 16.7. The molecule has 1 aliphatic rings. The first-order valence-corrected chi connectivity index (χ1v) is 9.30. The average molecular weight is 382 g/mol. The van der Waals surface area contributed by atoms with E-state index in [2.05, 4.69) is 22.3 Å². The highest BCUT2D eigenvalue weighted by Crippen LogP contribution is 2.33. The third-order valence-corrected chi connectivity index (χ3v) is 4.47. The number of carbonyl (C=O) groups is 2. The molecule has 1 aliphatic heterocycles. The number of nitrogens with one attached hydrogen (secondary N) is 1. The number of amides is 1. The predicted molar refractivity (Wildman–Crippen MR) is 108 cm³/mol. The Hall–Kier alpha value is -3.02. The highest BCUT2D eigenvalue weighted by atomic mass is 16.6. The van der Waals surface area contributed by atoms with Gasteiger partial charge < -0.3 is 19.7 Å². The van der Waals surface area contributed by atoms with E-state index in [4.69, 9.17) is 9.47 Å². The van der Waals surface area contributed by atoms with Crippen LogP contribution in [0.4, 0.5) is 16.2 Å². The van der Waals surface area contributed by atoms with Crippen LogP contribution in [0.3, 0.4) is 0 Å². The van der Waals surface area contributed by atoms with Crippen molar-refractivity contribution >= 4 is 23.4 Å². The first kappa shape index (κ1) is 19.7. The Morgan fingerprint density at radius 3 is 2.39 bits per heavy atom. The van der Waals surface area contributed by atoms with Crippen LogP contribution in [0.5, 0.6) is 0 Å². The summed E-state index contributed by atoms with van der Waals surface area (Å²) in [6, 6.07) is 15.3. The van der Waals surface area contributed by atoms with E-state index in [1.807, 2.05) is 45.0 Å². The Labute approximate surface area is 165 Å². The highest BCUT2D eigenvalue weighted by Gasteiger charge is 2.28. The maximum atomic E-state index is 12.2. The van der Waals surface area contributed by atoms with Crippen molar-refractivity contribution in [2.45, 2.75) is 38.8 Å². The van der Waals surface area contributed by atoms with Gasteiger partial charge in [0.25, 0.3) is 0 Å². The van der Waals surface area contributed by atoms with Crippen molar-refractivity contribution in [3.05, 3.63) is 59.7 Å². The summed E-state index contributed by atoms with van der Waals surface area (Å²) in [7, 11) is 1.37. The number of hydrogen-bond acceptors (Lipinski definition) is 5. The molecular formula is C22H26N2O4. The van der Waals surface area contributed by atoms with Gasteiger partial charge >= 0.3 is 12.1 Å². The molecule has 0 fully saturated rings. The van der Waals surface area contributed by atoms with Crippen molar-refractivity contribution in [1.29, 1.82) is 0 Å². The second-order valence-corrected chi connectivity index (χ2v) is 7.83. The van der Waals surface area contributed by atoms with Crippen molar-refractivity contribution < 1.29 is 19.1 Å². The molecule has 1 N–H and O–H groups in total. The lowest BCUT2D eigenvalue weighted by Crippen LogP contribution is -2.48. The Bertz CT molecular complexity index is 856. The molecule has 0 radical (unpaired) electrons. The molecular weight excluding hydrogens is 356 g/mol. The predicted octanol–water partition coefficient (Wildman–Crippen LogP) is 4.06. The molecule has 28 heavy (non-hydrogen) atoms. The van der Waals surface area contributed by atoms with Crippen LogP contribution in [0.25, 0.3) is 0 Å². The van der Waals surface area contributed by atoms with Crippen LogP contribution in [-0.2, 0) is 15.9 Å². The number of nitrogens with zero attached hydrogens (tertiary/aromatic N) is 1. The van der Waals surface area contributed by atoms with Crippen LogP contribution in [0.2, 0.25) is 0 Å². The quantitative estimate of drug-likeness (QED) is 0.811. The average Bonchev–Trinajstić information content (AvgIpc) is 2.65. The Kier molecular flexibility index (Phi) is 5.58. The summed E-state index contributed by atoms with van der Waals surface area (Å²) in [5, 5.41) is 2.98. The van der Waals surface area contributed by atoms with Crippen LogP contribution in [0.15, 0.2) is 48.5 Å². The Morgan fingerprint density at radius 2 is 1.75 bits per heavy atom. The van der Waals surface area contributed by atoms with Crippen molar-refractivity contribution in [3.63, 3.8) is 0 Å². The number of benzene rings is 2. The second-order valence-electron chi connectivity index (χ2n) is 7.83. The van der Waals surface area contributed by atoms with E-state index >= 15 is 0 Å². The van der Waals surface area contributed by atoms with Gasteiger partial charge in [-0.3, -0.25) is 0 Å². The summed E-state index contributed by atoms with van der Waals surface area (Å²) in [5.41, 5.74) is 3.14. The van der Waals surface area contributed by atoms with Crippen LogP contribution in [-0.4, -0.2) is 37.4 Å². The zero-order valence-electron chi connectivity index (χ0n) is 16.7. The van der Waals surface area contributed by atoms with E-state index < -0.39 is 11.7 Å². The third kappa shape index (κ3) is 4.63. The molecule has 1 heterocycles. The van der Waals surface area contributed by atoms with Gasteiger partial charge in [0.2, 0.25) is 0 Å². The summed E-state index contributed by atoms with van der Waals surface area (Å²) in [4.78, 5) is 26.1. The summed E-state index contributed by atoms with van der Waals surface area (Å²) < 4.78 is 10.2. The van der Waals surface area contributed by atoms with Crippen LogP contribution in [0, 0.1) is 0 Å². The van der Waals surface area contributed by atoms with E-state index in [0.29, 0.717) is 12.1 Å². The molecule has 6 heteroatoms. The number of anilines is 2. The number of rotatable bonds is 3. The largest absolute Gasteiger partial charge is 0.465 e. The molecule has 1 atom stereocenters. The monoisotopic (exact) mass is 382 g/mol. The molecule has 2 aromatic rings. The first-order chi connectivity index (χ1) is 13.3. The van der Waals surface area contributed by atoms with Crippen molar-refractivity contribution in [1.82, 2.24) is 5.32 Å². The van der Waals surface area contributed by atoms with Crippen LogP contribution in [0.1, 0.15) is 36.7 Å². The van der Waals surface area contributed by atoms with Gasteiger partial charge in [0, 0.05) is 17.9 Å². The highest BCUT2D eigenvalue weighted by molar-refractivity contribution is 5.90. The minimum absolute atomic E-state index is 0.0926. The number of fused-ring (bicyclic) bond motifs is 1. The summed E-state index contributed by atoms with van der Waals surface area (Å²) in [5.74, 6) is -0.366. The Morgan fingerprint density at radius 1 is 1.07 bits per heavy atom. The van der Waals surface area contributed by atoms with Crippen molar-refractivity contribution in [3.8, 4) is 0 Å². The Balaban J connectivity index is 1.83. The molecule has 3 rings (SSSR count). The molecule has 0 aliphatic carbocycles. The molecule has 148 valence electrons. The van der Waals surface area contributed by atoms with Crippen molar-refractivity contribution in [2.75, 3.05) is 18.6 Å². The standard InChI is InChI=1S/C22H26N2O4/c1-22(2,3)28-21(26)23-17-13-16-7-5-6-8-19(16)24(14-17)18-11-9-15(10-12-18)20(25)27-4/h5-12,17H,13-14H2,1-4H3,(H,23,26). The number of carbonyl (C=O) groups excluding carboxylic acids is 2. The number of ether oxygens (including phenoxy) is 2. The fourth-order valence-electron chi connectivity index (χ4n) is 3.31. The van der Waals surface area contributed by atoms with Gasteiger partial charge in [0.1, 0.15) is 5.60 Å². The lowest BCUT2D eigenvalue weighted by atomic mass is 9.97. The first-order valence-electron chi connectivity index (χ1n) is 9.30. The fourth-order valence-corrected chi connectivity index (χ4v) is 3.31. The van der Waals surface area contributed by atoms with E-state index in [1.54, 1.807) is 12.1 Å². The number of para-hydroxylation sites is 1. The zero-order chi connectivity index (χ0) is 20.3. The van der Waals surface area contributed by atoms with Gasteiger partial charge in [-0.25, -0.2) is 9.59 Å². The van der Waals surface area contributed by atoms with E-state index in [1.165, 1.54) is 7.11 Å². The van der Waals surface area contributed by atoms with Gasteiger partial charge in [-0.2, -0.15) is 0 Å². The summed E-state index contributed by atoms with van der Waals surface area (Å²) in [6.45, 7) is 6.14. The molecule has 6 nitrogen and oxygen atoms in total. The molecule has 1 unspecified atom stereocenters. The SMILES string of the molecule is COC(=O)c1ccc(N2CC(NC(=O)OC(C)(C)C)Cc3ccccc32)cc1. The minimum atomic E-state index is -0.542. The molecule has 0 saturated carbocycles. The van der Waals surface area contributed by atoms with Crippen LogP contribution >= 0.6 is 0 Å². The van der Waals surface area contributed by atoms with Gasteiger partial charge in [-0.1, -0.05) is 18.2 Å². The smallest absolute Gasteiger partial charge is 0.407 e. The minimum Gasteiger partial charge on any atom is -0.465 e. The number of esters is 1. The van der Waals surface area contributed by atoms with Gasteiger partial charge in [-0.15, -0.1) is 0 Å². The molecule has 0 bridgehead atoms. The maximum absolute atomic E-state index is 12.2. The molecule has 0 spiro atoms. The van der Waals surface area contributed by atoms with Gasteiger partial charge in [0.15, 0.2) is 0 Å². The van der Waals surface area contributed by atoms with E-state index in [0.717, 1.165) is 23.4 Å². The third-order valence-electron chi connectivity index (χ3n) is 4.47. The number of methoxy groups -OCH3 is 1. The molecule has 0 aromatic heterocycles. The lowest BCUT2D eigenvalue weighted by Gasteiger charge is -2.36. The molecule has 2 aromatic carbocycles. The fraction of sp³-hybridized carbons (Fsp3) is 0.364. The normalized spacial score (nSPS) is 16.1. The summed E-state index contributed by atoms with van der Waals surface area (Å²) in [6.07, 6.45) is 0.310. The van der Waals surface area contributed by atoms with Gasteiger partial charge in [0.05, 0.1) is 18.7 Å². The topological polar surface area (TPSA) is 67.9 Å². The summed E-state index contributed by atoms with van der Waals surface area (Å²) >= 11 is 0. The maximum Gasteiger partial charge on any atom is 0.407 e. The molecule has 1 amide bonds. The van der Waals surface area contributed by atoms with Crippen LogP contribution < -0.4 is 10.2 Å². The molecule has 0 saturated heterocycles. The van der Waals surface area contributed by atoms with E-state index in [-0.39, 0.29) is 12.0 Å². The van der Waals surface area contributed by atoms with E-state index in [9.17, 15) is 9.59 Å². The number of hydrogen-bond donors (Lipinski definition) is 1. The van der Waals surface area contributed by atoms with Crippen molar-refractivity contribution in [2.24, 2.45) is 0 Å². The number of alkyl carbamates (subject to hydrolysis) is 1. The van der Waals surface area contributed by atoms with Gasteiger partial charge in [-0.05, 0) is 63.1 Å². The lowest BCUT2D eigenvalue weighted by molar-refractivity contribution is 0.0504.